The molecule has 0 saturated heterocycles. The molecule has 0 aliphatic carbocycles. The fourth-order valence-electron chi connectivity index (χ4n) is 0.673. The summed E-state index contributed by atoms with van der Waals surface area (Å²) in [5, 5.41) is 0. The van der Waals surface area contributed by atoms with E-state index in [4.69, 9.17) is 0 Å². The maximum absolute atomic E-state index is 2.25. The van der Waals surface area contributed by atoms with E-state index in [0.717, 1.165) is 0 Å². The van der Waals surface area contributed by atoms with Crippen LogP contribution in [0.25, 0.3) is 0 Å². The third-order valence-electron chi connectivity index (χ3n) is 1.20. The molecule has 0 aromatic heterocycles. The van der Waals surface area contributed by atoms with Gasteiger partial charge in [-0.2, -0.15) is 11.8 Å². The van der Waals surface area contributed by atoms with Crippen LogP contribution in [-0.2, 0) is 0 Å². The summed E-state index contributed by atoms with van der Waals surface area (Å²) in [7, 11) is 0. The van der Waals surface area contributed by atoms with E-state index < -0.39 is 0 Å². The highest BCUT2D eigenvalue weighted by Gasteiger charge is 1.83. The van der Waals surface area contributed by atoms with Gasteiger partial charge in [-0.05, 0) is 18.4 Å². The molecule has 66 valence electrons. The van der Waals surface area contributed by atoms with E-state index in [1.54, 1.807) is 0 Å². The highest BCUT2D eigenvalue weighted by molar-refractivity contribution is 7.98. The predicted molar refractivity (Wildman–Crippen MR) is 56.0 cm³/mol. The second kappa shape index (κ2) is 16.2. The summed E-state index contributed by atoms with van der Waals surface area (Å²) < 4.78 is 0. The minimum atomic E-state index is 0. The molecule has 0 aliphatic rings. The van der Waals surface area contributed by atoms with Crippen molar-refractivity contribution in [3.63, 3.8) is 0 Å². The Labute approximate surface area is 71.8 Å². The summed E-state index contributed by atoms with van der Waals surface area (Å²) in [5.41, 5.74) is 0. The van der Waals surface area contributed by atoms with Gasteiger partial charge < -0.3 is 0 Å². The van der Waals surface area contributed by atoms with Crippen LogP contribution < -0.4 is 0 Å². The standard InChI is InChI=1S/C7H16S.2CH4/c1-3-4-5-6-7-8-2;;/h3-7H2,1-2H3;2*1H4. The SMILES string of the molecule is C.C.CCCCCCSC. The third kappa shape index (κ3) is 15.8. The van der Waals surface area contributed by atoms with E-state index in [2.05, 4.69) is 13.2 Å². The molecule has 0 N–H and O–H groups in total. The molecule has 0 fully saturated rings. The molecule has 0 unspecified atom stereocenters. The lowest BCUT2D eigenvalue weighted by Crippen LogP contribution is -1.77. The van der Waals surface area contributed by atoms with Gasteiger partial charge in [-0.25, -0.2) is 0 Å². The van der Waals surface area contributed by atoms with Crippen LogP contribution >= 0.6 is 11.8 Å². The van der Waals surface area contributed by atoms with E-state index in [1.807, 2.05) is 11.8 Å². The van der Waals surface area contributed by atoms with Crippen molar-refractivity contribution in [2.45, 2.75) is 47.5 Å². The number of hydrogen-bond acceptors (Lipinski definition) is 1. The minimum Gasteiger partial charge on any atom is -0.165 e. The average Bonchev–Trinajstić information content (AvgIpc) is 1.81. The van der Waals surface area contributed by atoms with Gasteiger partial charge >= 0.3 is 0 Å². The molecular weight excluding hydrogens is 140 g/mol. The Bertz CT molecular complexity index is 29.7. The van der Waals surface area contributed by atoms with Crippen LogP contribution in [0.4, 0.5) is 0 Å². The lowest BCUT2D eigenvalue weighted by Gasteiger charge is -1.93. The van der Waals surface area contributed by atoms with Crippen molar-refractivity contribution >= 4 is 11.8 Å². The quantitative estimate of drug-likeness (QED) is 0.549. The van der Waals surface area contributed by atoms with Gasteiger partial charge in [0.15, 0.2) is 0 Å². The van der Waals surface area contributed by atoms with Crippen LogP contribution in [-0.4, -0.2) is 12.0 Å². The van der Waals surface area contributed by atoms with Crippen LogP contribution in [0.15, 0.2) is 0 Å². The van der Waals surface area contributed by atoms with E-state index in [9.17, 15) is 0 Å². The maximum Gasteiger partial charge on any atom is -0.00703 e. The van der Waals surface area contributed by atoms with Gasteiger partial charge in [0.1, 0.15) is 0 Å². The van der Waals surface area contributed by atoms with Crippen molar-refractivity contribution in [2.24, 2.45) is 0 Å². The summed E-state index contributed by atoms with van der Waals surface area (Å²) in [4.78, 5) is 0. The molecule has 0 bridgehead atoms. The Balaban J connectivity index is -0.000000245. The first-order valence-electron chi connectivity index (χ1n) is 3.40. The van der Waals surface area contributed by atoms with Gasteiger partial charge in [0.25, 0.3) is 0 Å². The zero-order chi connectivity index (χ0) is 6.24. The van der Waals surface area contributed by atoms with Crippen molar-refractivity contribution in [2.75, 3.05) is 12.0 Å². The fraction of sp³-hybridized carbons (Fsp3) is 1.00. The first-order chi connectivity index (χ1) is 3.91. The van der Waals surface area contributed by atoms with Crippen molar-refractivity contribution in [3.05, 3.63) is 0 Å². The lowest BCUT2D eigenvalue weighted by molar-refractivity contribution is 0.707. The highest BCUT2D eigenvalue weighted by Crippen LogP contribution is 2.03. The van der Waals surface area contributed by atoms with Crippen molar-refractivity contribution in [1.29, 1.82) is 0 Å². The summed E-state index contributed by atoms with van der Waals surface area (Å²) in [5.74, 6) is 1.35. The highest BCUT2D eigenvalue weighted by atomic mass is 32.2. The first-order valence-corrected chi connectivity index (χ1v) is 4.80. The van der Waals surface area contributed by atoms with E-state index >= 15 is 0 Å². The maximum atomic E-state index is 2.25. The van der Waals surface area contributed by atoms with Gasteiger partial charge in [0.2, 0.25) is 0 Å². The molecule has 0 atom stereocenters. The van der Waals surface area contributed by atoms with Crippen LogP contribution in [0, 0.1) is 0 Å². The van der Waals surface area contributed by atoms with Gasteiger partial charge in [-0.3, -0.25) is 0 Å². The zero-order valence-electron chi connectivity index (χ0n) is 5.94. The number of unbranched alkanes of at least 4 members (excludes halogenated alkanes) is 3. The molecule has 0 aliphatic heterocycles. The number of hydrogen-bond donors (Lipinski definition) is 0. The molecule has 0 radical (unpaired) electrons. The lowest BCUT2D eigenvalue weighted by atomic mass is 10.2. The van der Waals surface area contributed by atoms with Crippen molar-refractivity contribution in [3.8, 4) is 0 Å². The van der Waals surface area contributed by atoms with Gasteiger partial charge in [0.05, 0.1) is 0 Å². The van der Waals surface area contributed by atoms with Crippen molar-refractivity contribution in [1.82, 2.24) is 0 Å². The van der Waals surface area contributed by atoms with E-state index in [-0.39, 0.29) is 14.9 Å². The van der Waals surface area contributed by atoms with Crippen LogP contribution in [0.3, 0.4) is 0 Å². The van der Waals surface area contributed by atoms with Crippen LogP contribution in [0.2, 0.25) is 0 Å². The molecule has 0 nitrogen and oxygen atoms in total. The first kappa shape index (κ1) is 16.7. The topological polar surface area (TPSA) is 0 Å². The largest absolute Gasteiger partial charge is 0.165 e. The second-order valence-corrected chi connectivity index (χ2v) is 3.04. The minimum absolute atomic E-state index is 0. The molecule has 1 heteroatoms. The zero-order valence-corrected chi connectivity index (χ0v) is 6.76. The Morgan fingerprint density at radius 3 is 2.00 bits per heavy atom. The molecule has 10 heavy (non-hydrogen) atoms. The Morgan fingerprint density at radius 2 is 1.60 bits per heavy atom. The predicted octanol–water partition coefficient (Wildman–Crippen LogP) is 4.20. The fourth-order valence-corrected chi connectivity index (χ4v) is 1.17. The molecule has 0 aromatic rings. The van der Waals surface area contributed by atoms with Gasteiger partial charge in [0, 0.05) is 0 Å². The van der Waals surface area contributed by atoms with Gasteiger partial charge in [-0.15, -0.1) is 0 Å². The Kier molecular flexibility index (Phi) is 27.1. The molecule has 0 heterocycles. The number of thioether (sulfide) groups is 1. The smallest absolute Gasteiger partial charge is 0.00703 e. The molecule has 0 aromatic carbocycles. The summed E-state index contributed by atoms with van der Waals surface area (Å²) in [6, 6.07) is 0. The van der Waals surface area contributed by atoms with E-state index in [0.29, 0.717) is 0 Å². The van der Waals surface area contributed by atoms with E-state index in [1.165, 1.54) is 31.4 Å². The molecule has 0 saturated carbocycles. The summed E-state index contributed by atoms with van der Waals surface area (Å²) >= 11 is 1.95. The Hall–Kier alpha value is 0.350. The third-order valence-corrected chi connectivity index (χ3v) is 1.90. The second-order valence-electron chi connectivity index (χ2n) is 2.05. The molecule has 0 rings (SSSR count). The van der Waals surface area contributed by atoms with Gasteiger partial charge in [-0.1, -0.05) is 41.0 Å². The summed E-state index contributed by atoms with van der Waals surface area (Å²) in [6.07, 6.45) is 7.78. The number of rotatable bonds is 5. The molecule has 0 spiro atoms. The molecule has 0 amide bonds. The average molecular weight is 164 g/mol. The molecular formula is C9H24S. The van der Waals surface area contributed by atoms with Crippen LogP contribution in [0.1, 0.15) is 47.5 Å². The van der Waals surface area contributed by atoms with Crippen molar-refractivity contribution < 1.29 is 0 Å². The normalized spacial score (nSPS) is 7.80. The Morgan fingerprint density at radius 1 is 1.00 bits per heavy atom. The monoisotopic (exact) mass is 164 g/mol. The van der Waals surface area contributed by atoms with Crippen LogP contribution in [0.5, 0.6) is 0 Å². The summed E-state index contributed by atoms with van der Waals surface area (Å²) in [6.45, 7) is 2.25.